The Hall–Kier alpha value is -3.66. The van der Waals surface area contributed by atoms with Crippen molar-refractivity contribution in [2.45, 2.75) is 6.92 Å². The summed E-state index contributed by atoms with van der Waals surface area (Å²) in [5.41, 5.74) is 2.24. The number of hydrogen-bond donors (Lipinski definition) is 1. The number of nitrogens with one attached hydrogen (secondary N) is 1. The van der Waals surface area contributed by atoms with Gasteiger partial charge in [0.25, 0.3) is 11.6 Å². The molecular weight excluding hydrogens is 426 g/mol. The van der Waals surface area contributed by atoms with E-state index in [0.29, 0.717) is 50.8 Å². The van der Waals surface area contributed by atoms with Gasteiger partial charge in [-0.1, -0.05) is 0 Å². The molecule has 0 saturated carbocycles. The first kappa shape index (κ1) is 22.5. The number of piperazine rings is 1. The Bertz CT molecular complexity index is 1030. The van der Waals surface area contributed by atoms with Crippen LogP contribution in [0.1, 0.15) is 17.3 Å². The minimum atomic E-state index is -0.456. The van der Waals surface area contributed by atoms with Crippen molar-refractivity contribution >= 4 is 34.6 Å². The van der Waals surface area contributed by atoms with Crippen molar-refractivity contribution in [1.29, 1.82) is 0 Å². The molecule has 1 N–H and O–H groups in total. The van der Waals surface area contributed by atoms with Gasteiger partial charge in [-0.15, -0.1) is 0 Å². The van der Waals surface area contributed by atoms with Crippen LogP contribution in [0.25, 0.3) is 0 Å². The van der Waals surface area contributed by atoms with Crippen molar-refractivity contribution in [3.63, 3.8) is 0 Å². The number of hydrogen-bond acceptors (Lipinski definition) is 7. The average Bonchev–Trinajstić information content (AvgIpc) is 2.84. The van der Waals surface area contributed by atoms with Crippen LogP contribution in [-0.4, -0.2) is 74.1 Å². The molecular formula is C23H27N5O5. The molecule has 2 aliphatic rings. The van der Waals surface area contributed by atoms with Gasteiger partial charge in [-0.05, 0) is 36.4 Å². The lowest BCUT2D eigenvalue weighted by atomic mass is 10.1. The quantitative estimate of drug-likeness (QED) is 0.547. The molecule has 10 nitrogen and oxygen atoms in total. The Morgan fingerprint density at radius 2 is 1.61 bits per heavy atom. The number of benzene rings is 2. The molecule has 0 atom stereocenters. The zero-order valence-corrected chi connectivity index (χ0v) is 18.5. The van der Waals surface area contributed by atoms with Crippen molar-refractivity contribution in [3.05, 3.63) is 58.1 Å². The zero-order chi connectivity index (χ0) is 23.4. The number of nitro groups is 1. The highest BCUT2D eigenvalue weighted by molar-refractivity contribution is 6.05. The largest absolute Gasteiger partial charge is 0.378 e. The first-order valence-electron chi connectivity index (χ1n) is 11.0. The van der Waals surface area contributed by atoms with Crippen LogP contribution in [0.2, 0.25) is 0 Å². The van der Waals surface area contributed by atoms with Crippen LogP contribution in [0.3, 0.4) is 0 Å². The Labute approximate surface area is 191 Å². The Morgan fingerprint density at radius 3 is 2.21 bits per heavy atom. The van der Waals surface area contributed by atoms with E-state index in [-0.39, 0.29) is 17.2 Å². The smallest absolute Gasteiger partial charge is 0.293 e. The van der Waals surface area contributed by atoms with Gasteiger partial charge in [0.2, 0.25) is 5.91 Å². The van der Waals surface area contributed by atoms with Gasteiger partial charge >= 0.3 is 0 Å². The van der Waals surface area contributed by atoms with Crippen molar-refractivity contribution in [2.75, 3.05) is 67.6 Å². The van der Waals surface area contributed by atoms with Gasteiger partial charge in [-0.25, -0.2) is 0 Å². The predicted octanol–water partition coefficient (Wildman–Crippen LogP) is 2.35. The third kappa shape index (κ3) is 5.23. The van der Waals surface area contributed by atoms with E-state index in [1.807, 2.05) is 21.9 Å². The molecule has 2 fully saturated rings. The summed E-state index contributed by atoms with van der Waals surface area (Å²) in [4.78, 5) is 41.3. The van der Waals surface area contributed by atoms with Crippen LogP contribution in [0.5, 0.6) is 0 Å². The SMILES string of the molecule is CC(=O)N1CCN(c2ccc(NC(=O)c3ccc(N4CCOCC4)c([N+](=O)[O-])c3)cc2)CC1. The van der Waals surface area contributed by atoms with E-state index < -0.39 is 10.8 Å². The first-order valence-corrected chi connectivity index (χ1v) is 11.0. The summed E-state index contributed by atoms with van der Waals surface area (Å²) >= 11 is 0. The lowest BCUT2D eigenvalue weighted by molar-refractivity contribution is -0.384. The molecule has 0 unspecified atom stereocenters. The highest BCUT2D eigenvalue weighted by Gasteiger charge is 2.23. The van der Waals surface area contributed by atoms with Gasteiger partial charge < -0.3 is 24.8 Å². The summed E-state index contributed by atoms with van der Waals surface area (Å²) in [6.07, 6.45) is 0. The third-order valence-electron chi connectivity index (χ3n) is 6.00. The highest BCUT2D eigenvalue weighted by atomic mass is 16.6. The summed E-state index contributed by atoms with van der Waals surface area (Å²) in [6, 6.07) is 12.0. The number of carbonyl (C=O) groups is 2. The second-order valence-electron chi connectivity index (χ2n) is 8.05. The lowest BCUT2D eigenvalue weighted by Crippen LogP contribution is -2.48. The van der Waals surface area contributed by atoms with Crippen LogP contribution in [0.15, 0.2) is 42.5 Å². The molecule has 0 radical (unpaired) electrons. The Kier molecular flexibility index (Phi) is 6.74. The van der Waals surface area contributed by atoms with E-state index in [1.54, 1.807) is 31.2 Å². The molecule has 33 heavy (non-hydrogen) atoms. The number of ether oxygens (including phenoxy) is 1. The van der Waals surface area contributed by atoms with E-state index in [2.05, 4.69) is 10.2 Å². The summed E-state index contributed by atoms with van der Waals surface area (Å²) in [5.74, 6) is -0.319. The highest BCUT2D eigenvalue weighted by Crippen LogP contribution is 2.30. The van der Waals surface area contributed by atoms with Crippen LogP contribution >= 0.6 is 0 Å². The molecule has 10 heteroatoms. The molecule has 2 aromatic rings. The Morgan fingerprint density at radius 1 is 0.939 bits per heavy atom. The van der Waals surface area contributed by atoms with E-state index in [9.17, 15) is 19.7 Å². The van der Waals surface area contributed by atoms with Crippen molar-refractivity contribution in [3.8, 4) is 0 Å². The molecule has 0 aliphatic carbocycles. The molecule has 2 heterocycles. The number of amides is 2. The summed E-state index contributed by atoms with van der Waals surface area (Å²) < 4.78 is 5.32. The standard InChI is InChI=1S/C23H27N5O5/c1-17(29)25-8-10-26(11-9-25)20-5-3-19(4-6-20)24-23(30)18-2-7-21(22(16-18)28(31)32)27-12-14-33-15-13-27/h2-7,16H,8-15H2,1H3,(H,24,30). The lowest BCUT2D eigenvalue weighted by Gasteiger charge is -2.35. The number of rotatable bonds is 5. The molecule has 0 aromatic heterocycles. The van der Waals surface area contributed by atoms with Gasteiger partial charge in [0.15, 0.2) is 0 Å². The molecule has 2 aromatic carbocycles. The molecule has 0 bridgehead atoms. The molecule has 2 saturated heterocycles. The second kappa shape index (κ2) is 9.86. The monoisotopic (exact) mass is 453 g/mol. The topological polar surface area (TPSA) is 108 Å². The third-order valence-corrected chi connectivity index (χ3v) is 6.00. The van der Waals surface area contributed by atoms with Crippen LogP contribution in [0, 0.1) is 10.1 Å². The van der Waals surface area contributed by atoms with Crippen LogP contribution < -0.4 is 15.1 Å². The first-order chi connectivity index (χ1) is 15.9. The predicted molar refractivity (Wildman–Crippen MR) is 125 cm³/mol. The van der Waals surface area contributed by atoms with Crippen molar-refractivity contribution in [1.82, 2.24) is 4.90 Å². The van der Waals surface area contributed by atoms with E-state index in [1.165, 1.54) is 6.07 Å². The Balaban J connectivity index is 1.42. The fourth-order valence-electron chi connectivity index (χ4n) is 4.12. The molecule has 2 amide bonds. The molecule has 4 rings (SSSR count). The number of nitro benzene ring substituents is 1. The number of morpholine rings is 1. The maximum absolute atomic E-state index is 12.7. The minimum Gasteiger partial charge on any atom is -0.378 e. The summed E-state index contributed by atoms with van der Waals surface area (Å²) in [6.45, 7) is 6.64. The second-order valence-corrected chi connectivity index (χ2v) is 8.05. The van der Waals surface area contributed by atoms with Crippen molar-refractivity contribution in [2.24, 2.45) is 0 Å². The molecule has 174 valence electrons. The van der Waals surface area contributed by atoms with Crippen LogP contribution in [-0.2, 0) is 9.53 Å². The number of anilines is 3. The van der Waals surface area contributed by atoms with Gasteiger partial charge in [0.05, 0.1) is 18.1 Å². The van der Waals surface area contributed by atoms with E-state index in [4.69, 9.17) is 4.74 Å². The van der Waals surface area contributed by atoms with Crippen molar-refractivity contribution < 1.29 is 19.2 Å². The normalized spacial score (nSPS) is 16.5. The van der Waals surface area contributed by atoms with E-state index >= 15 is 0 Å². The van der Waals surface area contributed by atoms with Gasteiger partial charge in [0.1, 0.15) is 5.69 Å². The number of nitrogens with zero attached hydrogens (tertiary/aromatic N) is 4. The summed E-state index contributed by atoms with van der Waals surface area (Å²) in [7, 11) is 0. The van der Waals surface area contributed by atoms with E-state index in [0.717, 1.165) is 18.8 Å². The maximum Gasteiger partial charge on any atom is 0.293 e. The van der Waals surface area contributed by atoms with Gasteiger partial charge in [-0.3, -0.25) is 19.7 Å². The zero-order valence-electron chi connectivity index (χ0n) is 18.5. The summed E-state index contributed by atoms with van der Waals surface area (Å²) in [5, 5.41) is 14.4. The minimum absolute atomic E-state index is 0.0888. The van der Waals surface area contributed by atoms with Gasteiger partial charge in [0, 0.05) is 69.2 Å². The fourth-order valence-corrected chi connectivity index (χ4v) is 4.12. The number of carbonyl (C=O) groups excluding carboxylic acids is 2. The maximum atomic E-state index is 12.7. The molecule has 0 spiro atoms. The average molecular weight is 453 g/mol. The van der Waals surface area contributed by atoms with Gasteiger partial charge in [-0.2, -0.15) is 0 Å². The molecule has 2 aliphatic heterocycles. The van der Waals surface area contributed by atoms with Crippen LogP contribution in [0.4, 0.5) is 22.7 Å². The fraction of sp³-hybridized carbons (Fsp3) is 0.391.